The van der Waals surface area contributed by atoms with Crippen molar-refractivity contribution in [2.45, 2.75) is 70.5 Å². The first-order valence-corrected chi connectivity index (χ1v) is 24.2. The fraction of sp³-hybridized carbons (Fsp3) is 0.194. The molecule has 8 aromatic carbocycles. The summed E-state index contributed by atoms with van der Waals surface area (Å²) in [4.78, 5) is 28.8. The topological polar surface area (TPSA) is 117 Å². The molecule has 370 valence electrons. The van der Waals surface area contributed by atoms with Gasteiger partial charge < -0.3 is 42.6 Å². The van der Waals surface area contributed by atoms with Crippen LogP contribution < -0.4 is 23.7 Å². The van der Waals surface area contributed by atoms with Crippen molar-refractivity contribution in [1.29, 1.82) is 0 Å². The zero-order chi connectivity index (χ0) is 50.0. The van der Waals surface area contributed by atoms with Crippen molar-refractivity contribution in [3.8, 4) is 28.7 Å². The Kier molecular flexibility index (Phi) is 17.1. The van der Waals surface area contributed by atoms with Crippen molar-refractivity contribution >= 4 is 11.9 Å². The molecule has 0 aliphatic carbocycles. The molecule has 2 unspecified atom stereocenters. The standard InChI is InChI=1S/C62H56O11/c1-65-61(63)59(70-42-48-28-16-6-17-29-48)60(71-43-49-30-18-7-19-31-49)62(64)73-57-37-52-54(68-40-46-24-12-4-13-25-46)35-51(66-38-44-20-8-2-9-21-44)36-55(52)72-58(57)50-32-33-53(67-39-45-22-10-3-11-23-45)56(34-50)69-41-47-26-14-5-15-27-47/h2-36,57-60H,37-43H2,1H3/t57-,58+,59?,60?/m1/s1. The highest BCUT2D eigenvalue weighted by Crippen LogP contribution is 2.45. The van der Waals surface area contributed by atoms with Crippen LogP contribution in [0.2, 0.25) is 0 Å². The van der Waals surface area contributed by atoms with E-state index in [1.165, 1.54) is 7.11 Å². The summed E-state index contributed by atoms with van der Waals surface area (Å²) in [7, 11) is 1.24. The molecule has 0 saturated carbocycles. The number of hydrogen-bond donors (Lipinski definition) is 0. The van der Waals surface area contributed by atoms with Gasteiger partial charge in [0.05, 0.1) is 20.3 Å². The minimum Gasteiger partial charge on any atom is -0.489 e. The van der Waals surface area contributed by atoms with E-state index in [4.69, 9.17) is 42.6 Å². The van der Waals surface area contributed by atoms with Crippen LogP contribution in [0.3, 0.4) is 0 Å². The van der Waals surface area contributed by atoms with Gasteiger partial charge in [-0.25, -0.2) is 9.59 Å². The minimum atomic E-state index is -1.57. The van der Waals surface area contributed by atoms with Gasteiger partial charge in [-0.15, -0.1) is 0 Å². The Morgan fingerprint density at radius 3 is 1.33 bits per heavy atom. The highest BCUT2D eigenvalue weighted by Gasteiger charge is 2.43. The molecule has 0 aromatic heterocycles. The molecular weight excluding hydrogens is 921 g/mol. The lowest BCUT2D eigenvalue weighted by atomic mass is 9.93. The predicted molar refractivity (Wildman–Crippen MR) is 275 cm³/mol. The van der Waals surface area contributed by atoms with Crippen molar-refractivity contribution < 1.29 is 52.2 Å². The number of rotatable bonds is 23. The van der Waals surface area contributed by atoms with Crippen molar-refractivity contribution in [2.24, 2.45) is 0 Å². The SMILES string of the molecule is COC(=O)C(OCc1ccccc1)C(OCc1ccccc1)C(=O)O[C@@H]1Cc2c(OCc3ccccc3)cc(OCc3ccccc3)cc2O[C@H]1c1ccc(OCc2ccccc2)c(OCc2ccccc2)c1. The molecule has 11 nitrogen and oxygen atoms in total. The zero-order valence-electron chi connectivity index (χ0n) is 40.5. The summed E-state index contributed by atoms with van der Waals surface area (Å²) in [6, 6.07) is 67.3. The van der Waals surface area contributed by atoms with Crippen LogP contribution >= 0.6 is 0 Å². The van der Waals surface area contributed by atoms with E-state index in [-0.39, 0.29) is 32.8 Å². The van der Waals surface area contributed by atoms with Crippen molar-refractivity contribution in [1.82, 2.24) is 0 Å². The molecule has 73 heavy (non-hydrogen) atoms. The lowest BCUT2D eigenvalue weighted by Gasteiger charge is -2.36. The normalized spacial score (nSPS) is 14.6. The second-order valence-corrected chi connectivity index (χ2v) is 17.4. The summed E-state index contributed by atoms with van der Waals surface area (Å²) in [6.07, 6.45) is -4.92. The number of ether oxygens (including phenoxy) is 9. The van der Waals surface area contributed by atoms with Crippen LogP contribution in [0, 0.1) is 0 Å². The molecule has 11 heteroatoms. The Bertz CT molecular complexity index is 2980. The van der Waals surface area contributed by atoms with Crippen LogP contribution in [-0.2, 0) is 74.6 Å². The maximum absolute atomic E-state index is 15.1. The van der Waals surface area contributed by atoms with E-state index in [9.17, 15) is 4.79 Å². The molecule has 0 radical (unpaired) electrons. The van der Waals surface area contributed by atoms with E-state index in [1.54, 1.807) is 0 Å². The molecule has 9 rings (SSSR count). The lowest BCUT2D eigenvalue weighted by Crippen LogP contribution is -2.47. The number of carbonyl (C=O) groups excluding carboxylic acids is 2. The average molecular weight is 977 g/mol. The van der Waals surface area contributed by atoms with Crippen LogP contribution in [0.25, 0.3) is 0 Å². The average Bonchev–Trinajstić information content (AvgIpc) is 3.45. The highest BCUT2D eigenvalue weighted by atomic mass is 16.6. The lowest BCUT2D eigenvalue weighted by molar-refractivity contribution is -0.191. The number of carbonyl (C=O) groups is 2. The Morgan fingerprint density at radius 1 is 0.452 bits per heavy atom. The molecule has 0 fully saturated rings. The fourth-order valence-electron chi connectivity index (χ4n) is 8.31. The van der Waals surface area contributed by atoms with Crippen LogP contribution in [0.4, 0.5) is 0 Å². The van der Waals surface area contributed by atoms with Crippen molar-refractivity contribution in [3.63, 3.8) is 0 Å². The molecule has 4 atom stereocenters. The highest BCUT2D eigenvalue weighted by molar-refractivity contribution is 5.86. The minimum absolute atomic E-state index is 0.0110. The van der Waals surface area contributed by atoms with Crippen LogP contribution in [-0.4, -0.2) is 37.4 Å². The molecule has 0 bridgehead atoms. The van der Waals surface area contributed by atoms with E-state index in [2.05, 4.69) is 0 Å². The quantitative estimate of drug-likeness (QED) is 0.0570. The molecule has 0 spiro atoms. The second-order valence-electron chi connectivity index (χ2n) is 17.4. The number of esters is 2. The Hall–Kier alpha value is -8.38. The summed E-state index contributed by atoms with van der Waals surface area (Å²) in [5.41, 5.74) is 6.68. The maximum Gasteiger partial charge on any atom is 0.339 e. The Labute approximate surface area is 425 Å². The maximum atomic E-state index is 15.1. The Balaban J connectivity index is 1.10. The van der Waals surface area contributed by atoms with Gasteiger partial charge in [-0.1, -0.05) is 188 Å². The number of benzene rings is 8. The first-order chi connectivity index (χ1) is 36.0. The fourth-order valence-corrected chi connectivity index (χ4v) is 8.31. The molecule has 1 aliphatic heterocycles. The number of hydrogen-bond acceptors (Lipinski definition) is 11. The molecule has 1 aliphatic rings. The van der Waals surface area contributed by atoms with Gasteiger partial charge in [0.2, 0.25) is 0 Å². The van der Waals surface area contributed by atoms with Gasteiger partial charge >= 0.3 is 11.9 Å². The summed E-state index contributed by atoms with van der Waals surface area (Å²) in [6.45, 7) is 1.04. The molecule has 0 amide bonds. The molecule has 1 heterocycles. The van der Waals surface area contributed by atoms with Gasteiger partial charge in [0.1, 0.15) is 49.8 Å². The van der Waals surface area contributed by atoms with Gasteiger partial charge in [0.15, 0.2) is 29.8 Å². The van der Waals surface area contributed by atoms with Gasteiger partial charge in [-0.2, -0.15) is 0 Å². The van der Waals surface area contributed by atoms with Gasteiger partial charge in [0.25, 0.3) is 0 Å². The van der Waals surface area contributed by atoms with Gasteiger partial charge in [-0.3, -0.25) is 0 Å². The zero-order valence-corrected chi connectivity index (χ0v) is 40.5. The molecular formula is C62H56O11. The summed E-state index contributed by atoms with van der Waals surface area (Å²) in [5, 5.41) is 0. The van der Waals surface area contributed by atoms with Crippen molar-refractivity contribution in [3.05, 3.63) is 257 Å². The first kappa shape index (κ1) is 49.6. The summed E-state index contributed by atoms with van der Waals surface area (Å²) in [5.74, 6) is 0.758. The molecule has 0 saturated heterocycles. The molecule has 0 N–H and O–H groups in total. The summed E-state index contributed by atoms with van der Waals surface area (Å²) >= 11 is 0. The largest absolute Gasteiger partial charge is 0.489 e. The monoisotopic (exact) mass is 976 g/mol. The van der Waals surface area contributed by atoms with E-state index in [0.29, 0.717) is 53.1 Å². The number of fused-ring (bicyclic) bond motifs is 1. The third-order valence-electron chi connectivity index (χ3n) is 12.1. The molecule has 8 aromatic rings. The van der Waals surface area contributed by atoms with Crippen LogP contribution in [0.5, 0.6) is 28.7 Å². The smallest absolute Gasteiger partial charge is 0.339 e. The third-order valence-corrected chi connectivity index (χ3v) is 12.1. The van der Waals surface area contributed by atoms with E-state index < -0.39 is 36.4 Å². The van der Waals surface area contributed by atoms with E-state index in [1.807, 2.05) is 212 Å². The van der Waals surface area contributed by atoms with Gasteiger partial charge in [-0.05, 0) is 45.5 Å². The Morgan fingerprint density at radius 2 is 0.863 bits per heavy atom. The van der Waals surface area contributed by atoms with Crippen molar-refractivity contribution in [2.75, 3.05) is 7.11 Å². The van der Waals surface area contributed by atoms with Crippen LogP contribution in [0.1, 0.15) is 50.6 Å². The summed E-state index contributed by atoms with van der Waals surface area (Å²) < 4.78 is 57.5. The second kappa shape index (κ2) is 25.1. The van der Waals surface area contributed by atoms with E-state index in [0.717, 1.165) is 33.4 Å². The van der Waals surface area contributed by atoms with Crippen LogP contribution in [0.15, 0.2) is 212 Å². The van der Waals surface area contributed by atoms with E-state index >= 15 is 4.79 Å². The number of methoxy groups -OCH3 is 1. The third kappa shape index (κ3) is 13.7. The first-order valence-electron chi connectivity index (χ1n) is 24.2. The predicted octanol–water partition coefficient (Wildman–Crippen LogP) is 11.9. The van der Waals surface area contributed by atoms with Gasteiger partial charge in [0, 0.05) is 29.7 Å².